The Bertz CT molecular complexity index is 1030. The molecular weight excluding hydrogens is 442 g/mol. The average molecular weight is 472 g/mol. The van der Waals surface area contributed by atoms with E-state index in [0.29, 0.717) is 34.7 Å². The summed E-state index contributed by atoms with van der Waals surface area (Å²) in [7, 11) is 0. The minimum absolute atomic E-state index is 0.0282. The number of aryl methyl sites for hydroxylation is 3. The third-order valence-corrected chi connectivity index (χ3v) is 7.25. The van der Waals surface area contributed by atoms with Gasteiger partial charge in [-0.25, -0.2) is 14.8 Å². The summed E-state index contributed by atoms with van der Waals surface area (Å²) in [5.41, 5.74) is 3.60. The van der Waals surface area contributed by atoms with Crippen LogP contribution in [-0.2, 0) is 0 Å². The van der Waals surface area contributed by atoms with E-state index in [0.717, 1.165) is 56.1 Å². The Morgan fingerprint density at radius 2 is 1.73 bits per heavy atom. The highest BCUT2D eigenvalue weighted by atomic mass is 35.5. The Morgan fingerprint density at radius 3 is 2.30 bits per heavy atom. The van der Waals surface area contributed by atoms with Gasteiger partial charge < -0.3 is 14.9 Å². The zero-order chi connectivity index (χ0) is 23.7. The number of carbonyl (C=O) groups is 2. The van der Waals surface area contributed by atoms with Crippen molar-refractivity contribution in [2.24, 2.45) is 11.8 Å². The van der Waals surface area contributed by atoms with Gasteiger partial charge in [0.05, 0.1) is 17.0 Å². The van der Waals surface area contributed by atoms with Crippen LogP contribution in [0.1, 0.15) is 33.7 Å². The number of carbonyl (C=O) groups excluding carboxylic acids is 1. The maximum Gasteiger partial charge on any atom is 0.411 e. The zero-order valence-corrected chi connectivity index (χ0v) is 20.0. The van der Waals surface area contributed by atoms with Crippen LogP contribution in [0.2, 0.25) is 5.02 Å². The zero-order valence-electron chi connectivity index (χ0n) is 19.3. The molecule has 1 aromatic carbocycles. The van der Waals surface area contributed by atoms with E-state index in [1.54, 1.807) is 12.1 Å². The topological polar surface area (TPSA) is 89.9 Å². The number of hydrogen-bond acceptors (Lipinski definition) is 5. The van der Waals surface area contributed by atoms with Gasteiger partial charge in [-0.05, 0) is 63.3 Å². The van der Waals surface area contributed by atoms with E-state index in [-0.39, 0.29) is 5.91 Å². The molecule has 2 aliphatic rings. The lowest BCUT2D eigenvalue weighted by atomic mass is 10.0. The standard InChI is InChI=1S/C24H30ClN5O3/c1-15-5-6-20(9-21(15)25)30(24(32)33)8-4-7-28-10-18-12-29(13-19(18)11-28)23(31)22-16(2)26-14-27-17(22)3/h5-6,9,14,18-19H,4,7-8,10-13H2,1-3H3,(H,32,33). The van der Waals surface area contributed by atoms with Gasteiger partial charge in [0.15, 0.2) is 0 Å². The smallest absolute Gasteiger partial charge is 0.411 e. The van der Waals surface area contributed by atoms with Gasteiger partial charge in [-0.2, -0.15) is 0 Å². The molecule has 9 heteroatoms. The Morgan fingerprint density at radius 1 is 1.09 bits per heavy atom. The van der Waals surface area contributed by atoms with Crippen molar-refractivity contribution in [3.05, 3.63) is 52.1 Å². The predicted octanol–water partition coefficient (Wildman–Crippen LogP) is 3.63. The molecule has 3 heterocycles. The number of benzene rings is 1. The first kappa shape index (κ1) is 23.4. The summed E-state index contributed by atoms with van der Waals surface area (Å²) in [6.45, 7) is 10.2. The normalized spacial score (nSPS) is 20.2. The van der Waals surface area contributed by atoms with E-state index in [4.69, 9.17) is 11.6 Å². The molecule has 8 nitrogen and oxygen atoms in total. The Labute approximate surface area is 199 Å². The first-order valence-electron chi connectivity index (χ1n) is 11.3. The minimum Gasteiger partial charge on any atom is -0.465 e. The molecular formula is C24H30ClN5O3. The number of likely N-dealkylation sites (tertiary alicyclic amines) is 2. The molecule has 4 rings (SSSR count). The van der Waals surface area contributed by atoms with Crippen molar-refractivity contribution in [1.29, 1.82) is 0 Å². The number of aromatic nitrogens is 2. The number of carboxylic acid groups (broad SMARTS) is 1. The van der Waals surface area contributed by atoms with Crippen LogP contribution in [0, 0.1) is 32.6 Å². The summed E-state index contributed by atoms with van der Waals surface area (Å²) in [5.74, 6) is 0.928. The maximum absolute atomic E-state index is 13.1. The number of rotatable bonds is 6. The molecule has 1 aromatic heterocycles. The summed E-state index contributed by atoms with van der Waals surface area (Å²) in [5, 5.41) is 10.2. The van der Waals surface area contributed by atoms with Gasteiger partial charge >= 0.3 is 6.09 Å². The molecule has 176 valence electrons. The Hall–Kier alpha value is -2.71. The molecule has 0 spiro atoms. The molecule has 2 aliphatic heterocycles. The monoisotopic (exact) mass is 471 g/mol. The number of hydrogen-bond donors (Lipinski definition) is 1. The predicted molar refractivity (Wildman–Crippen MR) is 127 cm³/mol. The SMILES string of the molecule is Cc1ccc(N(CCCN2CC3CN(C(=O)c4c(C)ncnc4C)CC3C2)C(=O)O)cc1Cl. The van der Waals surface area contributed by atoms with Gasteiger partial charge in [0, 0.05) is 43.4 Å². The van der Waals surface area contributed by atoms with E-state index < -0.39 is 6.09 Å². The maximum atomic E-state index is 13.1. The van der Waals surface area contributed by atoms with Crippen molar-refractivity contribution in [2.75, 3.05) is 44.2 Å². The fourth-order valence-corrected chi connectivity index (χ4v) is 5.21. The van der Waals surface area contributed by atoms with Crippen LogP contribution >= 0.6 is 11.6 Å². The van der Waals surface area contributed by atoms with Crippen LogP contribution in [0.5, 0.6) is 0 Å². The van der Waals surface area contributed by atoms with Crippen LogP contribution in [-0.4, -0.2) is 76.1 Å². The average Bonchev–Trinajstić information content (AvgIpc) is 3.32. The van der Waals surface area contributed by atoms with Crippen molar-refractivity contribution in [3.8, 4) is 0 Å². The number of nitrogens with zero attached hydrogens (tertiary/aromatic N) is 5. The van der Waals surface area contributed by atoms with Crippen LogP contribution in [0.15, 0.2) is 24.5 Å². The number of halogens is 1. The van der Waals surface area contributed by atoms with Crippen molar-refractivity contribution in [1.82, 2.24) is 19.8 Å². The second-order valence-corrected chi connectivity index (χ2v) is 9.54. The lowest BCUT2D eigenvalue weighted by Crippen LogP contribution is -2.36. The van der Waals surface area contributed by atoms with Crippen molar-refractivity contribution < 1.29 is 14.7 Å². The number of anilines is 1. The number of amides is 2. The van der Waals surface area contributed by atoms with E-state index in [1.165, 1.54) is 11.2 Å². The van der Waals surface area contributed by atoms with Crippen LogP contribution in [0.4, 0.5) is 10.5 Å². The first-order valence-corrected chi connectivity index (χ1v) is 11.7. The molecule has 0 aliphatic carbocycles. The van der Waals surface area contributed by atoms with Crippen molar-refractivity contribution in [2.45, 2.75) is 27.2 Å². The molecule has 33 heavy (non-hydrogen) atoms. The lowest BCUT2D eigenvalue weighted by molar-refractivity contribution is 0.0771. The summed E-state index contributed by atoms with van der Waals surface area (Å²) in [4.78, 5) is 38.9. The Balaban J connectivity index is 1.29. The second-order valence-electron chi connectivity index (χ2n) is 9.13. The third-order valence-electron chi connectivity index (χ3n) is 6.84. The number of fused-ring (bicyclic) bond motifs is 1. The summed E-state index contributed by atoms with van der Waals surface area (Å²) < 4.78 is 0. The van der Waals surface area contributed by atoms with Gasteiger partial charge in [0.1, 0.15) is 6.33 Å². The van der Waals surface area contributed by atoms with Crippen LogP contribution in [0.25, 0.3) is 0 Å². The van der Waals surface area contributed by atoms with E-state index in [2.05, 4.69) is 14.9 Å². The quantitative estimate of drug-likeness (QED) is 0.691. The lowest BCUT2D eigenvalue weighted by Gasteiger charge is -2.24. The summed E-state index contributed by atoms with van der Waals surface area (Å²) >= 11 is 6.18. The molecule has 2 fully saturated rings. The van der Waals surface area contributed by atoms with Crippen molar-refractivity contribution >= 4 is 29.3 Å². The van der Waals surface area contributed by atoms with Gasteiger partial charge in [-0.15, -0.1) is 0 Å². The molecule has 2 saturated heterocycles. The van der Waals surface area contributed by atoms with E-state index >= 15 is 0 Å². The van der Waals surface area contributed by atoms with Gasteiger partial charge in [0.2, 0.25) is 0 Å². The molecule has 1 N–H and O–H groups in total. The highest BCUT2D eigenvalue weighted by molar-refractivity contribution is 6.31. The molecule has 2 atom stereocenters. The van der Waals surface area contributed by atoms with Crippen molar-refractivity contribution in [3.63, 3.8) is 0 Å². The van der Waals surface area contributed by atoms with Gasteiger partial charge in [-0.1, -0.05) is 17.7 Å². The van der Waals surface area contributed by atoms with Gasteiger partial charge in [0.25, 0.3) is 5.91 Å². The van der Waals surface area contributed by atoms with Crippen LogP contribution < -0.4 is 4.90 Å². The molecule has 0 radical (unpaired) electrons. The molecule has 2 unspecified atom stereocenters. The second kappa shape index (κ2) is 9.65. The largest absolute Gasteiger partial charge is 0.465 e. The fraction of sp³-hybridized carbons (Fsp3) is 0.500. The summed E-state index contributed by atoms with van der Waals surface area (Å²) in [6.07, 6.45) is 1.26. The summed E-state index contributed by atoms with van der Waals surface area (Å²) in [6, 6.07) is 5.34. The fourth-order valence-electron chi connectivity index (χ4n) is 5.04. The van der Waals surface area contributed by atoms with Gasteiger partial charge in [-0.3, -0.25) is 9.69 Å². The highest BCUT2D eigenvalue weighted by Gasteiger charge is 2.42. The van der Waals surface area contributed by atoms with E-state index in [1.807, 2.05) is 31.7 Å². The van der Waals surface area contributed by atoms with Crippen LogP contribution in [0.3, 0.4) is 0 Å². The third kappa shape index (κ3) is 4.96. The minimum atomic E-state index is -0.974. The molecule has 2 aromatic rings. The van der Waals surface area contributed by atoms with E-state index in [9.17, 15) is 14.7 Å². The molecule has 0 bridgehead atoms. The Kier molecular flexibility index (Phi) is 6.86. The first-order chi connectivity index (χ1) is 15.7. The molecule has 0 saturated carbocycles. The highest BCUT2D eigenvalue weighted by Crippen LogP contribution is 2.32. The molecule has 2 amide bonds.